The molecule has 0 heterocycles. The maximum Gasteiger partial charge on any atom is -0.0809 e. The van der Waals surface area contributed by atoms with Gasteiger partial charge >= 0.3 is 111 Å². The summed E-state index contributed by atoms with van der Waals surface area (Å²) in [6, 6.07) is 41.6. The van der Waals surface area contributed by atoms with Crippen molar-refractivity contribution in [2.75, 3.05) is 0 Å². The van der Waals surface area contributed by atoms with E-state index in [1.165, 1.54) is 21.9 Å². The molecule has 0 amide bonds. The molecular weight excluding hydrogens is 558 g/mol. The maximum absolute atomic E-state index is 6.24. The molecular formula is C33H34Cl2Zr-2. The summed E-state index contributed by atoms with van der Waals surface area (Å²) in [5, 5.41) is 2.66. The Hall–Kier alpha value is -2.05. The second kappa shape index (κ2) is 14.6. The van der Waals surface area contributed by atoms with Gasteiger partial charge in [-0.3, -0.25) is 0 Å². The van der Waals surface area contributed by atoms with Gasteiger partial charge in [-0.1, -0.05) is 39.7 Å². The van der Waals surface area contributed by atoms with E-state index in [4.69, 9.17) is 17.0 Å². The van der Waals surface area contributed by atoms with E-state index in [0.717, 1.165) is 14.3 Å². The molecule has 36 heavy (non-hydrogen) atoms. The van der Waals surface area contributed by atoms with Gasteiger partial charge in [0.05, 0.1) is 0 Å². The summed E-state index contributed by atoms with van der Waals surface area (Å²) in [5.74, 6) is 1.34. The van der Waals surface area contributed by atoms with Gasteiger partial charge in [-0.2, -0.15) is 40.8 Å². The Kier molecular flexibility index (Phi) is 11.6. The first-order valence-electron chi connectivity index (χ1n) is 12.4. The molecule has 0 aliphatic rings. The second-order valence-corrected chi connectivity index (χ2v) is 17.4. The summed E-state index contributed by atoms with van der Waals surface area (Å²) < 4.78 is 1.15. The smallest absolute Gasteiger partial charge is 0.0809 e. The second-order valence-electron chi connectivity index (χ2n) is 9.27. The van der Waals surface area contributed by atoms with Crippen LogP contribution in [-0.4, -0.2) is 3.21 Å². The zero-order chi connectivity index (χ0) is 25.9. The van der Waals surface area contributed by atoms with E-state index >= 15 is 0 Å². The van der Waals surface area contributed by atoms with Gasteiger partial charge in [-0.15, -0.1) is 29.7 Å². The van der Waals surface area contributed by atoms with Crippen LogP contribution < -0.4 is 0 Å². The van der Waals surface area contributed by atoms with Gasteiger partial charge in [0, 0.05) is 0 Å². The topological polar surface area (TPSA) is 0 Å². The minimum Gasteiger partial charge on any atom is -0.168 e. The van der Waals surface area contributed by atoms with Crippen LogP contribution in [0.5, 0.6) is 0 Å². The molecule has 5 aromatic rings. The fourth-order valence-electron chi connectivity index (χ4n) is 4.16. The van der Waals surface area contributed by atoms with Crippen molar-refractivity contribution in [2.24, 2.45) is 0 Å². The normalized spacial score (nSPS) is 10.4. The van der Waals surface area contributed by atoms with E-state index in [1.807, 2.05) is 36.4 Å². The fraction of sp³-hybridized carbons (Fsp3) is 0.182. The van der Waals surface area contributed by atoms with Crippen LogP contribution in [0.25, 0.3) is 10.8 Å². The molecule has 0 radical (unpaired) electrons. The number of rotatable bonds is 4. The first-order chi connectivity index (χ1) is 17.4. The Bertz CT molecular complexity index is 1240. The third kappa shape index (κ3) is 8.24. The zero-order valence-corrected chi connectivity index (χ0v) is 25.4. The molecule has 186 valence electrons. The van der Waals surface area contributed by atoms with Crippen molar-refractivity contribution in [3.8, 4) is 0 Å². The van der Waals surface area contributed by atoms with E-state index in [0.29, 0.717) is 11.8 Å². The standard InChI is InChI=1S/C13H10.C11H17.C9H7.2ClH.Zr/c1-3-7-12(8-4-1)11-13-9-5-2-6-10-13;1-8(2)10-6-5-7-11(10)9(3)4;1-2-5-9-7-3-6-8(9)4-1;;;/h1-10H;5-9H,1-4H3;1-7H;2*1H;/q;2*-1;;;+2/p-2. The van der Waals surface area contributed by atoms with E-state index in [-0.39, 0.29) is 0 Å². The molecule has 0 aliphatic carbocycles. The van der Waals surface area contributed by atoms with Crippen LogP contribution in [0.1, 0.15) is 61.8 Å². The molecule has 0 spiro atoms. The third-order valence-electron chi connectivity index (χ3n) is 5.99. The van der Waals surface area contributed by atoms with Crippen LogP contribution in [-0.2, 0) is 18.9 Å². The van der Waals surface area contributed by atoms with Gasteiger partial charge in [0.25, 0.3) is 0 Å². The monoisotopic (exact) mass is 590 g/mol. The van der Waals surface area contributed by atoms with Crippen LogP contribution in [0, 0.1) is 0 Å². The van der Waals surface area contributed by atoms with Gasteiger partial charge in [-0.05, 0) is 5.92 Å². The van der Waals surface area contributed by atoms with Crippen LogP contribution >= 0.6 is 17.0 Å². The minimum atomic E-state index is -2.44. The van der Waals surface area contributed by atoms with E-state index < -0.39 is 18.9 Å². The van der Waals surface area contributed by atoms with Crippen LogP contribution in [0.15, 0.2) is 121 Å². The molecule has 5 aromatic carbocycles. The summed E-state index contributed by atoms with van der Waals surface area (Å²) >= 11 is -2.44. The first-order valence-corrected chi connectivity index (χ1v) is 20.0. The van der Waals surface area contributed by atoms with Gasteiger partial charge in [0.1, 0.15) is 0 Å². The molecule has 0 saturated carbocycles. The summed E-state index contributed by atoms with van der Waals surface area (Å²) in [6.07, 6.45) is 0. The predicted octanol–water partition coefficient (Wildman–Crippen LogP) is 10.4. The average Bonchev–Trinajstić information content (AvgIpc) is 3.56. The summed E-state index contributed by atoms with van der Waals surface area (Å²) in [6.45, 7) is 9.00. The third-order valence-corrected chi connectivity index (χ3v) is 10.6. The first kappa shape index (κ1) is 28.5. The Morgan fingerprint density at radius 2 is 1.14 bits per heavy atom. The summed E-state index contributed by atoms with van der Waals surface area (Å²) in [7, 11) is 12.5. The molecule has 0 bridgehead atoms. The number of halogens is 2. The Labute approximate surface area is 231 Å². The SMILES string of the molecule is CC(C)c1cc[cH-]c1C(C)C.[Cl][Zr]([Cl])=[C](c1ccccc1)c1ccccc1.c1ccc2[cH-]ccc2c1. The number of benzene rings is 3. The number of hydrogen-bond acceptors (Lipinski definition) is 0. The van der Waals surface area contributed by atoms with Crippen molar-refractivity contribution >= 4 is 31.0 Å². The van der Waals surface area contributed by atoms with Gasteiger partial charge in [0.15, 0.2) is 0 Å². The molecule has 0 unspecified atom stereocenters. The van der Waals surface area contributed by atoms with Gasteiger partial charge < -0.3 is 0 Å². The van der Waals surface area contributed by atoms with Crippen molar-refractivity contribution in [1.82, 2.24) is 0 Å². The molecule has 0 N–H and O–H groups in total. The van der Waals surface area contributed by atoms with Crippen LogP contribution in [0.4, 0.5) is 0 Å². The Balaban J connectivity index is 0.000000158. The largest absolute Gasteiger partial charge is 0.168 e. The minimum absolute atomic E-state index is 0.669. The van der Waals surface area contributed by atoms with Crippen molar-refractivity contribution < 1.29 is 18.9 Å². The fourth-order valence-corrected chi connectivity index (χ4v) is 8.64. The summed E-state index contributed by atoms with van der Waals surface area (Å²) in [5.41, 5.74) is 5.32. The molecule has 0 fully saturated rings. The molecule has 0 nitrogen and oxygen atoms in total. The molecule has 0 aliphatic heterocycles. The average molecular weight is 593 g/mol. The molecule has 5 rings (SSSR count). The van der Waals surface area contributed by atoms with E-state index in [9.17, 15) is 0 Å². The van der Waals surface area contributed by atoms with Crippen LogP contribution in [0.2, 0.25) is 0 Å². The Morgan fingerprint density at radius 1 is 0.611 bits per heavy atom. The van der Waals surface area contributed by atoms with E-state index in [1.54, 1.807) is 0 Å². The zero-order valence-electron chi connectivity index (χ0n) is 21.5. The van der Waals surface area contributed by atoms with E-state index in [2.05, 4.69) is 113 Å². The molecule has 0 saturated heterocycles. The van der Waals surface area contributed by atoms with Crippen molar-refractivity contribution in [3.63, 3.8) is 0 Å². The van der Waals surface area contributed by atoms with Crippen LogP contribution in [0.3, 0.4) is 0 Å². The maximum atomic E-state index is 6.24. The predicted molar refractivity (Wildman–Crippen MR) is 158 cm³/mol. The molecule has 0 atom stereocenters. The number of fused-ring (bicyclic) bond motifs is 1. The van der Waals surface area contributed by atoms with Crippen molar-refractivity contribution in [3.05, 3.63) is 144 Å². The molecule has 3 heteroatoms. The molecule has 0 aromatic heterocycles. The number of hydrogen-bond donors (Lipinski definition) is 0. The quantitative estimate of drug-likeness (QED) is 0.182. The summed E-state index contributed by atoms with van der Waals surface area (Å²) in [4.78, 5) is 0. The van der Waals surface area contributed by atoms with Gasteiger partial charge in [-0.25, -0.2) is 6.07 Å². The van der Waals surface area contributed by atoms with Crippen molar-refractivity contribution in [2.45, 2.75) is 39.5 Å². The Morgan fingerprint density at radius 3 is 1.61 bits per heavy atom. The van der Waals surface area contributed by atoms with Crippen molar-refractivity contribution in [1.29, 1.82) is 0 Å². The van der Waals surface area contributed by atoms with Gasteiger partial charge in [0.2, 0.25) is 0 Å².